The van der Waals surface area contributed by atoms with E-state index in [1.807, 2.05) is 72.8 Å². The van der Waals surface area contributed by atoms with Gasteiger partial charge in [-0.2, -0.15) is 0 Å². The molecule has 9 heteroatoms. The molecule has 5 aromatic rings. The molecule has 0 spiro atoms. The molecule has 1 atom stereocenters. The SMILES string of the molecule is COc1cccc(C(=O)Nc2cccc(SC(C(=O)Nc3nc4ccc(OC)cc4s3)c3ccccc3)c2)c1. The number of carbonyl (C=O) groups is 2. The lowest BCUT2D eigenvalue weighted by molar-refractivity contribution is -0.115. The summed E-state index contributed by atoms with van der Waals surface area (Å²) in [5, 5.41) is 5.89. The van der Waals surface area contributed by atoms with Gasteiger partial charge in [0.25, 0.3) is 5.91 Å². The Morgan fingerprint density at radius 1 is 0.821 bits per heavy atom. The largest absolute Gasteiger partial charge is 0.497 e. The molecule has 0 aliphatic heterocycles. The number of methoxy groups -OCH3 is 2. The number of benzene rings is 4. The number of hydrogen-bond donors (Lipinski definition) is 2. The number of nitrogens with zero attached hydrogens (tertiary/aromatic N) is 1. The molecule has 0 saturated carbocycles. The molecule has 196 valence electrons. The maximum atomic E-state index is 13.6. The van der Waals surface area contributed by atoms with Crippen molar-refractivity contribution in [3.05, 3.63) is 108 Å². The Morgan fingerprint density at radius 3 is 2.38 bits per heavy atom. The van der Waals surface area contributed by atoms with Crippen LogP contribution in [0.25, 0.3) is 10.2 Å². The number of ether oxygens (including phenoxy) is 2. The van der Waals surface area contributed by atoms with Gasteiger partial charge in [0.2, 0.25) is 5.91 Å². The van der Waals surface area contributed by atoms with E-state index in [-0.39, 0.29) is 11.8 Å². The highest BCUT2D eigenvalue weighted by molar-refractivity contribution is 8.00. The number of thiazole rings is 1. The highest BCUT2D eigenvalue weighted by atomic mass is 32.2. The molecule has 39 heavy (non-hydrogen) atoms. The van der Waals surface area contributed by atoms with Gasteiger partial charge in [0, 0.05) is 16.1 Å². The number of fused-ring (bicyclic) bond motifs is 1. The van der Waals surface area contributed by atoms with Crippen molar-refractivity contribution in [2.75, 3.05) is 24.9 Å². The van der Waals surface area contributed by atoms with E-state index in [9.17, 15) is 9.59 Å². The predicted molar refractivity (Wildman–Crippen MR) is 157 cm³/mol. The van der Waals surface area contributed by atoms with E-state index in [4.69, 9.17) is 9.47 Å². The van der Waals surface area contributed by atoms with Crippen LogP contribution in [-0.4, -0.2) is 31.0 Å². The first-order valence-corrected chi connectivity index (χ1v) is 13.7. The molecular weight excluding hydrogens is 530 g/mol. The summed E-state index contributed by atoms with van der Waals surface area (Å²) in [4.78, 5) is 31.8. The van der Waals surface area contributed by atoms with Crippen LogP contribution >= 0.6 is 23.1 Å². The fourth-order valence-electron chi connectivity index (χ4n) is 3.91. The van der Waals surface area contributed by atoms with Gasteiger partial charge in [-0.05, 0) is 60.2 Å². The van der Waals surface area contributed by atoms with Crippen molar-refractivity contribution in [2.45, 2.75) is 10.1 Å². The van der Waals surface area contributed by atoms with Gasteiger partial charge in [-0.3, -0.25) is 9.59 Å². The van der Waals surface area contributed by atoms with Gasteiger partial charge in [0.15, 0.2) is 5.13 Å². The van der Waals surface area contributed by atoms with Crippen LogP contribution in [-0.2, 0) is 4.79 Å². The summed E-state index contributed by atoms with van der Waals surface area (Å²) in [5.74, 6) is 0.903. The second kappa shape index (κ2) is 12.0. The van der Waals surface area contributed by atoms with Gasteiger partial charge in [-0.1, -0.05) is 53.8 Å². The lowest BCUT2D eigenvalue weighted by atomic mass is 10.1. The minimum atomic E-state index is -0.544. The minimum absolute atomic E-state index is 0.192. The molecule has 1 aromatic heterocycles. The van der Waals surface area contributed by atoms with Crippen LogP contribution in [0.1, 0.15) is 21.2 Å². The molecule has 5 rings (SSSR count). The maximum absolute atomic E-state index is 13.6. The number of thioether (sulfide) groups is 1. The van der Waals surface area contributed by atoms with Crippen molar-refractivity contribution in [3.8, 4) is 11.5 Å². The fourth-order valence-corrected chi connectivity index (χ4v) is 5.89. The monoisotopic (exact) mass is 555 g/mol. The van der Waals surface area contributed by atoms with Crippen molar-refractivity contribution in [2.24, 2.45) is 0 Å². The molecule has 0 aliphatic carbocycles. The molecule has 0 aliphatic rings. The molecule has 1 heterocycles. The summed E-state index contributed by atoms with van der Waals surface area (Å²) in [7, 11) is 3.18. The molecule has 2 amide bonds. The van der Waals surface area contributed by atoms with E-state index in [0.29, 0.717) is 22.1 Å². The van der Waals surface area contributed by atoms with Crippen molar-refractivity contribution in [1.29, 1.82) is 0 Å². The van der Waals surface area contributed by atoms with Crippen LogP contribution in [0.5, 0.6) is 11.5 Å². The normalized spacial score (nSPS) is 11.5. The Hall–Kier alpha value is -4.34. The quantitative estimate of drug-likeness (QED) is 0.190. The summed E-state index contributed by atoms with van der Waals surface area (Å²) < 4.78 is 11.4. The third-order valence-corrected chi connectivity index (χ3v) is 8.03. The van der Waals surface area contributed by atoms with E-state index >= 15 is 0 Å². The molecule has 0 radical (unpaired) electrons. The topological polar surface area (TPSA) is 89.5 Å². The molecular formula is C30H25N3O4S2. The molecule has 7 nitrogen and oxygen atoms in total. The first-order chi connectivity index (χ1) is 19.0. The number of anilines is 2. The zero-order valence-corrected chi connectivity index (χ0v) is 22.8. The number of carbonyl (C=O) groups excluding carboxylic acids is 2. The number of amides is 2. The molecule has 4 aromatic carbocycles. The summed E-state index contributed by atoms with van der Waals surface area (Å²) in [6.45, 7) is 0. The Morgan fingerprint density at radius 2 is 1.59 bits per heavy atom. The van der Waals surface area contributed by atoms with Crippen LogP contribution < -0.4 is 20.1 Å². The lowest BCUT2D eigenvalue weighted by Crippen LogP contribution is -2.19. The van der Waals surface area contributed by atoms with Gasteiger partial charge in [0.1, 0.15) is 16.7 Å². The second-order valence-electron chi connectivity index (χ2n) is 8.46. The second-order valence-corrected chi connectivity index (χ2v) is 10.7. The van der Waals surface area contributed by atoms with Crippen LogP contribution in [0.4, 0.5) is 10.8 Å². The third-order valence-electron chi connectivity index (χ3n) is 5.84. The maximum Gasteiger partial charge on any atom is 0.255 e. The Labute approximate surface area is 234 Å². The molecule has 0 fully saturated rings. The van der Waals surface area contributed by atoms with Gasteiger partial charge in [0.05, 0.1) is 24.4 Å². The van der Waals surface area contributed by atoms with Crippen molar-refractivity contribution >= 4 is 55.9 Å². The summed E-state index contributed by atoms with van der Waals surface area (Å²) >= 11 is 2.79. The Bertz CT molecular complexity index is 1620. The van der Waals surface area contributed by atoms with E-state index in [2.05, 4.69) is 15.6 Å². The average Bonchev–Trinajstić information content (AvgIpc) is 3.37. The van der Waals surface area contributed by atoms with E-state index in [1.54, 1.807) is 38.5 Å². The first kappa shape index (κ1) is 26.3. The van der Waals surface area contributed by atoms with Gasteiger partial charge in [-0.25, -0.2) is 4.98 Å². The summed E-state index contributed by atoms with van der Waals surface area (Å²) in [6, 6.07) is 29.6. The third kappa shape index (κ3) is 6.39. The van der Waals surface area contributed by atoms with Crippen LogP contribution in [0, 0.1) is 0 Å². The molecule has 1 unspecified atom stereocenters. The number of aromatic nitrogens is 1. The molecule has 2 N–H and O–H groups in total. The predicted octanol–water partition coefficient (Wildman–Crippen LogP) is 7.04. The van der Waals surface area contributed by atoms with Gasteiger partial charge < -0.3 is 20.1 Å². The summed E-state index contributed by atoms with van der Waals surface area (Å²) in [5.41, 5.74) is 2.76. The summed E-state index contributed by atoms with van der Waals surface area (Å²) in [6.07, 6.45) is 0. The number of nitrogens with one attached hydrogen (secondary N) is 2. The van der Waals surface area contributed by atoms with Crippen molar-refractivity contribution in [1.82, 2.24) is 4.98 Å². The lowest BCUT2D eigenvalue weighted by Gasteiger charge is -2.17. The molecule has 0 bridgehead atoms. The van der Waals surface area contributed by atoms with Gasteiger partial charge in [-0.15, -0.1) is 11.8 Å². The average molecular weight is 556 g/mol. The zero-order valence-electron chi connectivity index (χ0n) is 21.2. The van der Waals surface area contributed by atoms with Crippen LogP contribution in [0.3, 0.4) is 0 Å². The van der Waals surface area contributed by atoms with E-state index < -0.39 is 5.25 Å². The Balaban J connectivity index is 1.35. The number of rotatable bonds is 9. The highest BCUT2D eigenvalue weighted by Gasteiger charge is 2.23. The van der Waals surface area contributed by atoms with E-state index in [1.165, 1.54) is 23.1 Å². The Kier molecular flexibility index (Phi) is 8.10. The first-order valence-electron chi connectivity index (χ1n) is 12.0. The molecule has 0 saturated heterocycles. The van der Waals surface area contributed by atoms with Gasteiger partial charge >= 0.3 is 0 Å². The minimum Gasteiger partial charge on any atom is -0.497 e. The number of hydrogen-bond acceptors (Lipinski definition) is 7. The standard InChI is InChI=1S/C30H25N3O4S2/c1-36-22-12-6-10-20(16-22)28(34)31-21-11-7-13-24(17-21)38-27(19-8-4-3-5-9-19)29(35)33-30-32-25-15-14-23(37-2)18-26(25)39-30/h3-18,27H,1-2H3,(H,31,34)(H,32,33,35). The van der Waals surface area contributed by atoms with Crippen molar-refractivity contribution in [3.63, 3.8) is 0 Å². The smallest absolute Gasteiger partial charge is 0.255 e. The van der Waals surface area contributed by atoms with Crippen LogP contribution in [0.2, 0.25) is 0 Å². The highest BCUT2D eigenvalue weighted by Crippen LogP contribution is 2.38. The van der Waals surface area contributed by atoms with Crippen LogP contribution in [0.15, 0.2) is 102 Å². The van der Waals surface area contributed by atoms with E-state index in [0.717, 1.165) is 26.4 Å². The zero-order chi connectivity index (χ0) is 27.2. The van der Waals surface area contributed by atoms with Crippen molar-refractivity contribution < 1.29 is 19.1 Å². The fraction of sp³-hybridized carbons (Fsp3) is 0.100.